The van der Waals surface area contributed by atoms with Crippen molar-refractivity contribution in [3.8, 4) is 0 Å². The summed E-state index contributed by atoms with van der Waals surface area (Å²) in [5.41, 5.74) is 5.33. The molecule has 0 saturated heterocycles. The molecule has 92 valence electrons. The Morgan fingerprint density at radius 1 is 1.50 bits per heavy atom. The molecule has 16 heavy (non-hydrogen) atoms. The fourth-order valence-electron chi connectivity index (χ4n) is 1.16. The molecule has 0 heterocycles. The highest BCUT2D eigenvalue weighted by Crippen LogP contribution is 2.09. The molecule has 0 aliphatic carbocycles. The summed E-state index contributed by atoms with van der Waals surface area (Å²) in [6.07, 6.45) is 2.29. The van der Waals surface area contributed by atoms with E-state index in [1.54, 1.807) is 0 Å². The molecular weight excluding hydrogens is 208 g/mol. The van der Waals surface area contributed by atoms with E-state index in [1.165, 1.54) is 11.0 Å². The molecule has 0 aromatic heterocycles. The molecule has 5 nitrogen and oxygen atoms in total. The van der Waals surface area contributed by atoms with Crippen LogP contribution in [0.1, 0.15) is 26.7 Å². The number of carboxylic acids is 1. The minimum atomic E-state index is -1.03. The average Bonchev–Trinajstić information content (AvgIpc) is 2.11. The molecule has 0 saturated carbocycles. The second-order valence-corrected chi connectivity index (χ2v) is 4.45. The largest absolute Gasteiger partial charge is 0.480 e. The molecule has 0 aliphatic rings. The summed E-state index contributed by atoms with van der Waals surface area (Å²) in [4.78, 5) is 23.5. The van der Waals surface area contributed by atoms with Crippen LogP contribution >= 0.6 is 0 Å². The van der Waals surface area contributed by atoms with E-state index in [4.69, 9.17) is 10.8 Å². The van der Waals surface area contributed by atoms with Gasteiger partial charge in [0.2, 0.25) is 5.91 Å². The number of carbonyl (C=O) groups excluding carboxylic acids is 1. The van der Waals surface area contributed by atoms with Gasteiger partial charge < -0.3 is 15.7 Å². The van der Waals surface area contributed by atoms with E-state index in [9.17, 15) is 9.59 Å². The molecule has 0 aromatic carbocycles. The van der Waals surface area contributed by atoms with Gasteiger partial charge in [-0.1, -0.05) is 6.08 Å². The molecule has 0 fully saturated rings. The Balaban J connectivity index is 4.27. The van der Waals surface area contributed by atoms with Gasteiger partial charge >= 0.3 is 5.97 Å². The van der Waals surface area contributed by atoms with Crippen LogP contribution in [0.15, 0.2) is 12.7 Å². The lowest BCUT2D eigenvalue weighted by atomic mass is 10.00. The SMILES string of the molecule is C=CCN(CC(=O)O)C(=O)CCC(C)(C)N. The predicted molar refractivity (Wildman–Crippen MR) is 61.9 cm³/mol. The number of hydrogen-bond acceptors (Lipinski definition) is 3. The fourth-order valence-corrected chi connectivity index (χ4v) is 1.16. The van der Waals surface area contributed by atoms with Crippen LogP contribution in [0.2, 0.25) is 0 Å². The first-order valence-electron chi connectivity index (χ1n) is 5.15. The van der Waals surface area contributed by atoms with E-state index in [-0.39, 0.29) is 25.4 Å². The Labute approximate surface area is 95.9 Å². The zero-order valence-corrected chi connectivity index (χ0v) is 9.90. The standard InChI is InChI=1S/C11H20N2O3/c1-4-7-13(8-10(15)16)9(14)5-6-11(2,3)12/h4H,1,5-8,12H2,2-3H3,(H,15,16). The van der Waals surface area contributed by atoms with Gasteiger partial charge in [0.1, 0.15) is 6.54 Å². The number of aliphatic carboxylic acids is 1. The van der Waals surface area contributed by atoms with Gasteiger partial charge in [0, 0.05) is 18.5 Å². The van der Waals surface area contributed by atoms with Gasteiger partial charge in [0.05, 0.1) is 0 Å². The van der Waals surface area contributed by atoms with E-state index >= 15 is 0 Å². The van der Waals surface area contributed by atoms with E-state index < -0.39 is 11.5 Å². The maximum Gasteiger partial charge on any atom is 0.323 e. The Morgan fingerprint density at radius 3 is 2.44 bits per heavy atom. The van der Waals surface area contributed by atoms with Crippen LogP contribution in [-0.4, -0.2) is 40.5 Å². The van der Waals surface area contributed by atoms with E-state index in [0.717, 1.165) is 0 Å². The molecule has 1 amide bonds. The summed E-state index contributed by atoms with van der Waals surface area (Å²) in [6, 6.07) is 0. The molecule has 0 bridgehead atoms. The fraction of sp³-hybridized carbons (Fsp3) is 0.636. The molecule has 0 radical (unpaired) electrons. The minimum absolute atomic E-state index is 0.208. The molecular formula is C11H20N2O3. The number of amides is 1. The van der Waals surface area contributed by atoms with Gasteiger partial charge in [0.25, 0.3) is 0 Å². The van der Waals surface area contributed by atoms with Crippen LogP contribution in [0.4, 0.5) is 0 Å². The summed E-state index contributed by atoms with van der Waals surface area (Å²) in [7, 11) is 0. The van der Waals surface area contributed by atoms with Gasteiger partial charge in [-0.3, -0.25) is 9.59 Å². The molecule has 0 aliphatic heterocycles. The highest BCUT2D eigenvalue weighted by atomic mass is 16.4. The minimum Gasteiger partial charge on any atom is -0.480 e. The molecule has 5 heteroatoms. The highest BCUT2D eigenvalue weighted by Gasteiger charge is 2.18. The summed E-state index contributed by atoms with van der Waals surface area (Å²) < 4.78 is 0. The van der Waals surface area contributed by atoms with Crippen molar-refractivity contribution in [1.29, 1.82) is 0 Å². The molecule has 0 rings (SSSR count). The topological polar surface area (TPSA) is 83.6 Å². The molecule has 0 aromatic rings. The van der Waals surface area contributed by atoms with Crippen molar-refractivity contribution >= 4 is 11.9 Å². The number of nitrogens with two attached hydrogens (primary N) is 1. The summed E-state index contributed by atoms with van der Waals surface area (Å²) in [5, 5.41) is 8.63. The zero-order chi connectivity index (χ0) is 12.8. The zero-order valence-electron chi connectivity index (χ0n) is 9.90. The lowest BCUT2D eigenvalue weighted by molar-refractivity contribution is -0.144. The van der Waals surface area contributed by atoms with Gasteiger partial charge in [-0.15, -0.1) is 6.58 Å². The Bertz CT molecular complexity index is 269. The molecule has 3 N–H and O–H groups in total. The van der Waals surface area contributed by atoms with Crippen LogP contribution in [0.25, 0.3) is 0 Å². The first kappa shape index (κ1) is 14.6. The quantitative estimate of drug-likeness (QED) is 0.625. The smallest absolute Gasteiger partial charge is 0.323 e. The van der Waals surface area contributed by atoms with Gasteiger partial charge in [-0.2, -0.15) is 0 Å². The van der Waals surface area contributed by atoms with Crippen LogP contribution in [-0.2, 0) is 9.59 Å². The van der Waals surface area contributed by atoms with Crippen LogP contribution < -0.4 is 5.73 Å². The lowest BCUT2D eigenvalue weighted by Gasteiger charge is -2.22. The number of carbonyl (C=O) groups is 2. The molecule has 0 spiro atoms. The van der Waals surface area contributed by atoms with Crippen molar-refractivity contribution < 1.29 is 14.7 Å². The van der Waals surface area contributed by atoms with E-state index in [0.29, 0.717) is 6.42 Å². The molecule has 0 unspecified atom stereocenters. The van der Waals surface area contributed by atoms with Crippen molar-refractivity contribution in [3.05, 3.63) is 12.7 Å². The second-order valence-electron chi connectivity index (χ2n) is 4.45. The van der Waals surface area contributed by atoms with E-state index in [1.807, 2.05) is 13.8 Å². The monoisotopic (exact) mass is 228 g/mol. The number of nitrogens with zero attached hydrogens (tertiary/aromatic N) is 1. The lowest BCUT2D eigenvalue weighted by Crippen LogP contribution is -2.38. The second kappa shape index (κ2) is 6.27. The highest BCUT2D eigenvalue weighted by molar-refractivity contribution is 5.81. The maximum atomic E-state index is 11.7. The Morgan fingerprint density at radius 2 is 2.06 bits per heavy atom. The van der Waals surface area contributed by atoms with Crippen molar-refractivity contribution in [2.75, 3.05) is 13.1 Å². The van der Waals surface area contributed by atoms with Crippen molar-refractivity contribution in [2.45, 2.75) is 32.2 Å². The van der Waals surface area contributed by atoms with Crippen molar-refractivity contribution in [2.24, 2.45) is 5.73 Å². The van der Waals surface area contributed by atoms with E-state index in [2.05, 4.69) is 6.58 Å². The number of rotatable bonds is 7. The summed E-state index contributed by atoms with van der Waals surface area (Å²) in [5.74, 6) is -1.23. The third-order valence-electron chi connectivity index (χ3n) is 2.01. The summed E-state index contributed by atoms with van der Waals surface area (Å²) >= 11 is 0. The summed E-state index contributed by atoms with van der Waals surface area (Å²) in [6.45, 7) is 7.10. The third kappa shape index (κ3) is 7.00. The first-order chi connectivity index (χ1) is 7.26. The Hall–Kier alpha value is -1.36. The first-order valence-corrected chi connectivity index (χ1v) is 5.15. The van der Waals surface area contributed by atoms with Crippen LogP contribution in [0.3, 0.4) is 0 Å². The van der Waals surface area contributed by atoms with Crippen molar-refractivity contribution in [1.82, 2.24) is 4.90 Å². The van der Waals surface area contributed by atoms with Gasteiger partial charge in [-0.05, 0) is 20.3 Å². The van der Waals surface area contributed by atoms with Crippen LogP contribution in [0, 0.1) is 0 Å². The normalized spacial score (nSPS) is 10.9. The van der Waals surface area contributed by atoms with Crippen LogP contribution in [0.5, 0.6) is 0 Å². The number of hydrogen-bond donors (Lipinski definition) is 2. The van der Waals surface area contributed by atoms with Crippen molar-refractivity contribution in [3.63, 3.8) is 0 Å². The number of carboxylic acid groups (broad SMARTS) is 1. The predicted octanol–water partition coefficient (Wildman–Crippen LogP) is 0.603. The Kier molecular flexibility index (Phi) is 5.74. The third-order valence-corrected chi connectivity index (χ3v) is 2.01. The molecule has 0 atom stereocenters. The maximum absolute atomic E-state index is 11.7. The average molecular weight is 228 g/mol. The van der Waals surface area contributed by atoms with Gasteiger partial charge in [-0.25, -0.2) is 0 Å². The van der Waals surface area contributed by atoms with Gasteiger partial charge in [0.15, 0.2) is 0 Å².